The Morgan fingerprint density at radius 1 is 1.62 bits per heavy atom. The quantitative estimate of drug-likeness (QED) is 0.551. The normalized spacial score (nSPS) is 29.8. The van der Waals surface area contributed by atoms with Gasteiger partial charge in [-0.3, -0.25) is 4.79 Å². The zero-order chi connectivity index (χ0) is 12.2. The fourth-order valence-electron chi connectivity index (χ4n) is 2.22. The molecule has 0 aliphatic heterocycles. The van der Waals surface area contributed by atoms with Crippen LogP contribution < -0.4 is 5.73 Å². The average Bonchev–Trinajstić information content (AvgIpc) is 2.24. The van der Waals surface area contributed by atoms with Crippen LogP contribution in [0, 0.1) is 0 Å². The molecule has 1 aliphatic rings. The number of Topliss-reactive ketones (excluding diaryl/α,β-unsaturated/α-hetero) is 1. The maximum absolute atomic E-state index is 12.0. The first-order chi connectivity index (χ1) is 7.49. The summed E-state index contributed by atoms with van der Waals surface area (Å²) in [6, 6.07) is -0.0742. The van der Waals surface area contributed by atoms with Gasteiger partial charge in [-0.1, -0.05) is 12.7 Å². The number of carbonyl (C=O) groups is 1. The summed E-state index contributed by atoms with van der Waals surface area (Å²) in [6.07, 6.45) is 5.58. The van der Waals surface area contributed by atoms with Gasteiger partial charge in [0.15, 0.2) is 5.78 Å². The van der Waals surface area contributed by atoms with Gasteiger partial charge < -0.3 is 10.8 Å². The van der Waals surface area contributed by atoms with Crippen LogP contribution in [0.25, 0.3) is 0 Å². The Labute approximate surface area is 97.0 Å². The van der Waals surface area contributed by atoms with E-state index in [9.17, 15) is 9.90 Å². The largest absolute Gasteiger partial charge is 0.382 e. The SMILES string of the molecule is C=CCCC(=C)C(=O)C1(O)CCCC(N)C1. The molecule has 0 aromatic rings. The van der Waals surface area contributed by atoms with E-state index >= 15 is 0 Å². The molecule has 1 fully saturated rings. The molecule has 2 atom stereocenters. The van der Waals surface area contributed by atoms with E-state index in [0.717, 1.165) is 12.8 Å². The smallest absolute Gasteiger partial charge is 0.189 e. The summed E-state index contributed by atoms with van der Waals surface area (Å²) in [4.78, 5) is 12.0. The van der Waals surface area contributed by atoms with Crippen molar-refractivity contribution in [2.45, 2.75) is 50.2 Å². The molecule has 3 nitrogen and oxygen atoms in total. The number of hydrogen-bond acceptors (Lipinski definition) is 3. The predicted molar refractivity (Wildman–Crippen MR) is 65.0 cm³/mol. The van der Waals surface area contributed by atoms with Crippen molar-refractivity contribution in [2.24, 2.45) is 5.73 Å². The van der Waals surface area contributed by atoms with Gasteiger partial charge in [0.2, 0.25) is 0 Å². The highest BCUT2D eigenvalue weighted by Crippen LogP contribution is 2.31. The van der Waals surface area contributed by atoms with Crippen LogP contribution >= 0.6 is 0 Å². The summed E-state index contributed by atoms with van der Waals surface area (Å²) in [5.74, 6) is -0.232. The molecule has 2 unspecified atom stereocenters. The topological polar surface area (TPSA) is 63.3 Å². The van der Waals surface area contributed by atoms with Gasteiger partial charge in [0, 0.05) is 6.04 Å². The highest BCUT2D eigenvalue weighted by molar-refractivity contribution is 6.01. The van der Waals surface area contributed by atoms with E-state index < -0.39 is 5.60 Å². The molecule has 0 saturated heterocycles. The second-order valence-electron chi connectivity index (χ2n) is 4.65. The van der Waals surface area contributed by atoms with E-state index in [1.54, 1.807) is 6.08 Å². The third-order valence-corrected chi connectivity index (χ3v) is 3.16. The molecule has 3 heteroatoms. The highest BCUT2D eigenvalue weighted by Gasteiger charge is 2.40. The number of aliphatic hydroxyl groups is 1. The monoisotopic (exact) mass is 223 g/mol. The Balaban J connectivity index is 2.63. The Morgan fingerprint density at radius 3 is 2.88 bits per heavy atom. The van der Waals surface area contributed by atoms with Crippen LogP contribution in [0.2, 0.25) is 0 Å². The van der Waals surface area contributed by atoms with E-state index in [2.05, 4.69) is 13.2 Å². The third kappa shape index (κ3) is 3.03. The summed E-state index contributed by atoms with van der Waals surface area (Å²) in [6.45, 7) is 7.34. The lowest BCUT2D eigenvalue weighted by Crippen LogP contribution is -2.47. The summed E-state index contributed by atoms with van der Waals surface area (Å²) in [5.41, 5.74) is 5.01. The summed E-state index contributed by atoms with van der Waals surface area (Å²) in [7, 11) is 0. The lowest BCUT2D eigenvalue weighted by atomic mass is 9.77. The van der Waals surface area contributed by atoms with Crippen LogP contribution in [-0.4, -0.2) is 22.5 Å². The maximum atomic E-state index is 12.0. The molecular formula is C13H21NO2. The number of rotatable bonds is 5. The lowest BCUT2D eigenvalue weighted by Gasteiger charge is -2.34. The fourth-order valence-corrected chi connectivity index (χ4v) is 2.22. The predicted octanol–water partition coefficient (Wildman–Crippen LogP) is 1.71. The third-order valence-electron chi connectivity index (χ3n) is 3.16. The minimum absolute atomic E-state index is 0.0742. The van der Waals surface area contributed by atoms with Crippen molar-refractivity contribution in [1.82, 2.24) is 0 Å². The molecule has 0 aromatic heterocycles. The number of hydrogen-bond donors (Lipinski definition) is 2. The number of carbonyl (C=O) groups excluding carboxylic acids is 1. The van der Waals surface area contributed by atoms with Gasteiger partial charge in [0.25, 0.3) is 0 Å². The van der Waals surface area contributed by atoms with Crippen LogP contribution in [-0.2, 0) is 4.79 Å². The number of nitrogens with two attached hydrogens (primary N) is 1. The molecule has 1 aliphatic carbocycles. The van der Waals surface area contributed by atoms with Crippen molar-refractivity contribution in [1.29, 1.82) is 0 Å². The first-order valence-corrected chi connectivity index (χ1v) is 5.81. The molecule has 90 valence electrons. The molecule has 0 amide bonds. The van der Waals surface area contributed by atoms with E-state index in [1.165, 1.54) is 0 Å². The van der Waals surface area contributed by atoms with Crippen molar-refractivity contribution in [3.63, 3.8) is 0 Å². The van der Waals surface area contributed by atoms with Gasteiger partial charge in [0.1, 0.15) is 5.60 Å². The van der Waals surface area contributed by atoms with Crippen molar-refractivity contribution >= 4 is 5.78 Å². The lowest BCUT2D eigenvalue weighted by molar-refractivity contribution is -0.137. The van der Waals surface area contributed by atoms with Gasteiger partial charge in [-0.2, -0.15) is 0 Å². The Bertz CT molecular complexity index is 298. The first kappa shape index (κ1) is 13.1. The Morgan fingerprint density at radius 2 is 2.31 bits per heavy atom. The molecule has 0 heterocycles. The number of ketones is 1. The second kappa shape index (κ2) is 5.41. The average molecular weight is 223 g/mol. The van der Waals surface area contributed by atoms with Gasteiger partial charge in [0.05, 0.1) is 0 Å². The van der Waals surface area contributed by atoms with Gasteiger partial charge in [-0.15, -0.1) is 6.58 Å². The van der Waals surface area contributed by atoms with Crippen molar-refractivity contribution in [3.05, 3.63) is 24.8 Å². The van der Waals surface area contributed by atoms with E-state index in [0.29, 0.717) is 31.3 Å². The fraction of sp³-hybridized carbons (Fsp3) is 0.615. The maximum Gasteiger partial charge on any atom is 0.189 e. The standard InChI is InChI=1S/C13H21NO2/c1-3-4-6-10(2)12(15)13(16)8-5-7-11(14)9-13/h3,11,16H,1-2,4-9,14H2. The molecule has 1 rings (SSSR count). The van der Waals surface area contributed by atoms with Gasteiger partial charge >= 0.3 is 0 Å². The molecule has 3 N–H and O–H groups in total. The minimum Gasteiger partial charge on any atom is -0.382 e. The zero-order valence-electron chi connectivity index (χ0n) is 9.74. The van der Waals surface area contributed by atoms with Crippen LogP contribution in [0.15, 0.2) is 24.8 Å². The zero-order valence-corrected chi connectivity index (χ0v) is 9.74. The summed E-state index contributed by atoms with van der Waals surface area (Å²) >= 11 is 0. The Kier molecular flexibility index (Phi) is 4.44. The van der Waals surface area contributed by atoms with Gasteiger partial charge in [-0.25, -0.2) is 0 Å². The minimum atomic E-state index is -1.27. The van der Waals surface area contributed by atoms with Crippen LogP contribution in [0.5, 0.6) is 0 Å². The van der Waals surface area contributed by atoms with Crippen molar-refractivity contribution in [2.75, 3.05) is 0 Å². The summed E-state index contributed by atoms with van der Waals surface area (Å²) < 4.78 is 0. The van der Waals surface area contributed by atoms with E-state index in [-0.39, 0.29) is 11.8 Å². The van der Waals surface area contributed by atoms with Crippen LogP contribution in [0.1, 0.15) is 38.5 Å². The van der Waals surface area contributed by atoms with Gasteiger partial charge in [-0.05, 0) is 44.1 Å². The molecule has 16 heavy (non-hydrogen) atoms. The molecule has 1 saturated carbocycles. The molecule has 0 aromatic carbocycles. The van der Waals surface area contributed by atoms with Crippen LogP contribution in [0.4, 0.5) is 0 Å². The molecule has 0 spiro atoms. The van der Waals surface area contributed by atoms with Crippen molar-refractivity contribution < 1.29 is 9.90 Å². The first-order valence-electron chi connectivity index (χ1n) is 5.81. The molecule has 0 bridgehead atoms. The highest BCUT2D eigenvalue weighted by atomic mass is 16.3. The second-order valence-corrected chi connectivity index (χ2v) is 4.65. The summed E-state index contributed by atoms with van der Waals surface area (Å²) in [5, 5.41) is 10.3. The Hall–Kier alpha value is -0.930. The number of allylic oxidation sites excluding steroid dienone is 1. The van der Waals surface area contributed by atoms with Crippen LogP contribution in [0.3, 0.4) is 0 Å². The van der Waals surface area contributed by atoms with E-state index in [1.807, 2.05) is 0 Å². The molecular weight excluding hydrogens is 202 g/mol. The van der Waals surface area contributed by atoms with Crippen molar-refractivity contribution in [3.8, 4) is 0 Å². The van der Waals surface area contributed by atoms with E-state index in [4.69, 9.17) is 5.73 Å². The molecule has 0 radical (unpaired) electrons.